The van der Waals surface area contributed by atoms with Crippen LogP contribution in [0.15, 0.2) is 176 Å². The minimum atomic E-state index is -0.691. The fourth-order valence-electron chi connectivity index (χ4n) is 10.2. The van der Waals surface area contributed by atoms with E-state index in [-0.39, 0.29) is 16.9 Å². The molecule has 0 amide bonds. The number of rotatable bonds is 6. The predicted molar refractivity (Wildman–Crippen MR) is 247 cm³/mol. The Morgan fingerprint density at radius 2 is 1.26 bits per heavy atom. The molecule has 2 nitrogen and oxygen atoms in total. The van der Waals surface area contributed by atoms with E-state index >= 15 is 0 Å². The summed E-state index contributed by atoms with van der Waals surface area (Å²) in [5.41, 5.74) is 10.6. The summed E-state index contributed by atoms with van der Waals surface area (Å²) < 4.78 is 4.03. The summed E-state index contributed by atoms with van der Waals surface area (Å²) in [5, 5.41) is 6.87. The quantitative estimate of drug-likeness (QED) is 0.153. The van der Waals surface area contributed by atoms with E-state index < -0.39 is 7.92 Å². The minimum absolute atomic E-state index is 0.136. The molecule has 278 valence electrons. The lowest BCUT2D eigenvalue weighted by Gasteiger charge is -2.52. The van der Waals surface area contributed by atoms with E-state index in [2.05, 4.69) is 213 Å². The van der Waals surface area contributed by atoms with Crippen LogP contribution in [0, 0.1) is 5.92 Å². The maximum atomic E-state index is 2.64. The van der Waals surface area contributed by atoms with Gasteiger partial charge in [-0.15, -0.1) is 11.3 Å². The molecular weight excluding hydrogens is 728 g/mol. The molecule has 57 heavy (non-hydrogen) atoms. The Balaban J connectivity index is 1.09. The van der Waals surface area contributed by atoms with Crippen LogP contribution in [-0.2, 0) is 17.3 Å². The van der Waals surface area contributed by atoms with Gasteiger partial charge < -0.3 is 9.47 Å². The summed E-state index contributed by atoms with van der Waals surface area (Å²) in [6.07, 6.45) is 10.2. The third-order valence-electron chi connectivity index (χ3n) is 13.5. The third kappa shape index (κ3) is 5.12. The van der Waals surface area contributed by atoms with E-state index in [0.717, 1.165) is 6.42 Å². The number of fused-ring (bicyclic) bond motifs is 9. The lowest BCUT2D eigenvalue weighted by atomic mass is 9.55. The lowest BCUT2D eigenvalue weighted by molar-refractivity contribution is 0.251. The SMILES string of the molecule is CC1C=CC=CC1N(c1ccc(P(c2ccccc2)c2ccccc2)cc1)c1ccc2c(c1)C(C)(C)C1(C)Cc3c(sc4ccccc34)-c3c1n-2c1ccccc31. The third-order valence-corrected chi connectivity index (χ3v) is 17.2. The summed E-state index contributed by atoms with van der Waals surface area (Å²) in [4.78, 5) is 4.05. The van der Waals surface area contributed by atoms with Gasteiger partial charge in [0.2, 0.25) is 0 Å². The largest absolute Gasteiger partial charge is 0.334 e. The van der Waals surface area contributed by atoms with Crippen molar-refractivity contribution in [3.63, 3.8) is 0 Å². The van der Waals surface area contributed by atoms with Crippen LogP contribution in [0.4, 0.5) is 11.4 Å². The van der Waals surface area contributed by atoms with Gasteiger partial charge in [0.25, 0.3) is 0 Å². The summed E-state index contributed by atoms with van der Waals surface area (Å²) >= 11 is 1.98. The van der Waals surface area contributed by atoms with Crippen LogP contribution in [-0.4, -0.2) is 10.6 Å². The molecule has 1 aliphatic heterocycles. The fourth-order valence-corrected chi connectivity index (χ4v) is 13.8. The first-order chi connectivity index (χ1) is 27.8. The van der Waals surface area contributed by atoms with Gasteiger partial charge in [0.05, 0.1) is 11.6 Å². The zero-order valence-corrected chi connectivity index (χ0v) is 34.6. The lowest BCUT2D eigenvalue weighted by Crippen LogP contribution is -2.50. The number of para-hydroxylation sites is 1. The van der Waals surface area contributed by atoms with E-state index in [1.807, 2.05) is 11.3 Å². The van der Waals surface area contributed by atoms with E-state index in [4.69, 9.17) is 0 Å². The molecule has 0 N–H and O–H groups in total. The van der Waals surface area contributed by atoms with Crippen molar-refractivity contribution in [3.8, 4) is 16.1 Å². The highest BCUT2D eigenvalue weighted by atomic mass is 32.1. The molecule has 0 radical (unpaired) electrons. The van der Waals surface area contributed by atoms with Crippen molar-refractivity contribution < 1.29 is 0 Å². The molecule has 3 unspecified atom stereocenters. The van der Waals surface area contributed by atoms with Crippen LogP contribution in [0.2, 0.25) is 0 Å². The average Bonchev–Trinajstić information content (AvgIpc) is 3.79. The van der Waals surface area contributed by atoms with Crippen LogP contribution >= 0.6 is 19.3 Å². The highest BCUT2D eigenvalue weighted by Gasteiger charge is 2.54. The Hall–Kier alpha value is -5.47. The second-order valence-electron chi connectivity index (χ2n) is 16.8. The molecule has 8 aromatic rings. The molecule has 2 aliphatic carbocycles. The van der Waals surface area contributed by atoms with Crippen molar-refractivity contribution in [2.45, 2.75) is 51.0 Å². The van der Waals surface area contributed by atoms with Crippen molar-refractivity contribution >= 4 is 67.5 Å². The number of thiophene rings is 1. The van der Waals surface area contributed by atoms with Crippen molar-refractivity contribution in [2.24, 2.45) is 5.92 Å². The Morgan fingerprint density at radius 1 is 0.649 bits per heavy atom. The molecule has 3 atom stereocenters. The van der Waals surface area contributed by atoms with Gasteiger partial charge in [0, 0.05) is 54.1 Å². The monoisotopic (exact) mass is 772 g/mol. The van der Waals surface area contributed by atoms with Crippen LogP contribution in [0.1, 0.15) is 44.5 Å². The molecule has 3 heterocycles. The van der Waals surface area contributed by atoms with Crippen LogP contribution in [0.5, 0.6) is 0 Å². The summed E-state index contributed by atoms with van der Waals surface area (Å²) in [5.74, 6) is 0.341. The molecular formula is C53H45N2PS. The molecule has 0 spiro atoms. The van der Waals surface area contributed by atoms with Gasteiger partial charge in [-0.3, -0.25) is 0 Å². The Labute approximate surface area is 341 Å². The summed E-state index contributed by atoms with van der Waals surface area (Å²) in [7, 11) is -0.691. The normalized spacial score (nSPS) is 20.1. The highest BCUT2D eigenvalue weighted by Crippen LogP contribution is 2.62. The Kier molecular flexibility index (Phi) is 7.95. The van der Waals surface area contributed by atoms with E-state index in [1.165, 1.54) is 81.2 Å². The number of allylic oxidation sites excluding steroid dienone is 2. The first-order valence-electron chi connectivity index (χ1n) is 20.3. The van der Waals surface area contributed by atoms with Gasteiger partial charge in [-0.25, -0.2) is 0 Å². The molecule has 0 bridgehead atoms. The van der Waals surface area contributed by atoms with Crippen molar-refractivity contribution in [2.75, 3.05) is 4.90 Å². The molecule has 2 aromatic heterocycles. The average molecular weight is 773 g/mol. The smallest absolute Gasteiger partial charge is 0.0585 e. The predicted octanol–water partition coefficient (Wildman–Crippen LogP) is 12.6. The number of hydrogen-bond acceptors (Lipinski definition) is 2. The molecule has 6 aromatic carbocycles. The second-order valence-corrected chi connectivity index (χ2v) is 20.1. The van der Waals surface area contributed by atoms with Crippen LogP contribution in [0.25, 0.3) is 37.1 Å². The Bertz CT molecular complexity index is 2860. The summed E-state index contributed by atoms with van der Waals surface area (Å²) in [6.45, 7) is 9.93. The van der Waals surface area contributed by atoms with Crippen molar-refractivity contribution in [1.82, 2.24) is 4.57 Å². The molecule has 0 saturated carbocycles. The van der Waals surface area contributed by atoms with E-state index in [1.54, 1.807) is 0 Å². The first kappa shape index (κ1) is 34.8. The maximum absolute atomic E-state index is 2.64. The van der Waals surface area contributed by atoms with Crippen molar-refractivity contribution in [1.29, 1.82) is 0 Å². The molecule has 4 heteroatoms. The second kappa shape index (κ2) is 13.0. The molecule has 11 rings (SSSR count). The van der Waals surface area contributed by atoms with Gasteiger partial charge in [-0.05, 0) is 95.2 Å². The van der Waals surface area contributed by atoms with E-state index in [9.17, 15) is 0 Å². The standard InChI is InChI=1S/C53H45N2PS/c1-35-17-11-14-24-45(35)54(36-27-30-40(31-28-36)56(38-18-7-5-8-19-38)39-20-9-6-10-21-39)37-29-32-47-44(33-37)52(2,3)53(4)34-43-41-22-13-16-26-48(41)57-50(43)49-42-23-12-15-25-46(42)55(47)51(49)53/h5-33,35,45H,34H2,1-4H3. The zero-order chi connectivity index (χ0) is 38.5. The first-order valence-corrected chi connectivity index (χ1v) is 22.4. The molecule has 0 saturated heterocycles. The summed E-state index contributed by atoms with van der Waals surface area (Å²) in [6, 6.07) is 57.3. The number of aromatic nitrogens is 1. The van der Waals surface area contributed by atoms with Gasteiger partial charge >= 0.3 is 0 Å². The topological polar surface area (TPSA) is 8.17 Å². The van der Waals surface area contributed by atoms with Crippen LogP contribution < -0.4 is 20.8 Å². The van der Waals surface area contributed by atoms with Gasteiger partial charge in [0.15, 0.2) is 0 Å². The number of hydrogen-bond donors (Lipinski definition) is 0. The number of benzene rings is 6. The molecule has 3 aliphatic rings. The Morgan fingerprint density at radius 3 is 1.98 bits per heavy atom. The number of nitrogens with zero attached hydrogens (tertiary/aromatic N) is 2. The fraction of sp³-hybridized carbons (Fsp3) is 0.170. The minimum Gasteiger partial charge on any atom is -0.334 e. The van der Waals surface area contributed by atoms with Gasteiger partial charge in [-0.1, -0.05) is 161 Å². The van der Waals surface area contributed by atoms with Crippen molar-refractivity contribution in [3.05, 3.63) is 193 Å². The number of anilines is 2. The van der Waals surface area contributed by atoms with Crippen LogP contribution in [0.3, 0.4) is 0 Å². The van der Waals surface area contributed by atoms with E-state index in [0.29, 0.717) is 5.92 Å². The zero-order valence-electron chi connectivity index (χ0n) is 32.9. The maximum Gasteiger partial charge on any atom is 0.0585 e. The molecule has 0 fully saturated rings. The van der Waals surface area contributed by atoms with Gasteiger partial charge in [0.1, 0.15) is 0 Å². The van der Waals surface area contributed by atoms with Gasteiger partial charge in [-0.2, -0.15) is 0 Å². The highest BCUT2D eigenvalue weighted by molar-refractivity contribution is 7.79.